The van der Waals surface area contributed by atoms with E-state index in [0.717, 1.165) is 47.6 Å². The van der Waals surface area contributed by atoms with E-state index in [9.17, 15) is 4.79 Å². The van der Waals surface area contributed by atoms with E-state index in [-0.39, 0.29) is 5.91 Å². The average Bonchev–Trinajstić information content (AvgIpc) is 2.87. The smallest absolute Gasteiger partial charge is 0.254 e. The fraction of sp³-hybridized carbons (Fsp3) is 0.364. The van der Waals surface area contributed by atoms with Gasteiger partial charge in [-0.05, 0) is 56.0 Å². The molecule has 5 heteroatoms. The van der Waals surface area contributed by atoms with Gasteiger partial charge >= 0.3 is 0 Å². The van der Waals surface area contributed by atoms with Crippen molar-refractivity contribution in [2.75, 3.05) is 18.4 Å². The average molecular weight is 362 g/mol. The fourth-order valence-electron chi connectivity index (χ4n) is 3.68. The number of fused-ring (bicyclic) bond motifs is 1. The first kappa shape index (κ1) is 17.6. The molecule has 4 rings (SSSR count). The standard InChI is InChI=1S/C22H26N4O/c1-14-7-5-8-15(2)18(14)13-23-19-11-17(22(27)26-9-6-10-26)12-20-21(19)24-16(3)25(20)4/h5,7-8,11-12,23H,6,9-10,13H2,1-4H3. The fourth-order valence-corrected chi connectivity index (χ4v) is 3.68. The van der Waals surface area contributed by atoms with Crippen LogP contribution in [-0.2, 0) is 13.6 Å². The summed E-state index contributed by atoms with van der Waals surface area (Å²) >= 11 is 0. The molecule has 2 heterocycles. The van der Waals surface area contributed by atoms with Gasteiger partial charge in [0.15, 0.2) is 0 Å². The number of aromatic nitrogens is 2. The highest BCUT2D eigenvalue weighted by Gasteiger charge is 2.23. The zero-order valence-corrected chi connectivity index (χ0v) is 16.5. The molecular formula is C22H26N4O. The van der Waals surface area contributed by atoms with Crippen LogP contribution in [0.5, 0.6) is 0 Å². The predicted octanol–water partition coefficient (Wildman–Crippen LogP) is 3.96. The van der Waals surface area contributed by atoms with E-state index < -0.39 is 0 Å². The van der Waals surface area contributed by atoms with Crippen LogP contribution in [-0.4, -0.2) is 33.4 Å². The van der Waals surface area contributed by atoms with Gasteiger partial charge in [-0.15, -0.1) is 0 Å². The number of nitrogens with zero attached hydrogens (tertiary/aromatic N) is 3. The molecule has 0 radical (unpaired) electrons. The van der Waals surface area contributed by atoms with Crippen molar-refractivity contribution < 1.29 is 4.79 Å². The highest BCUT2D eigenvalue weighted by atomic mass is 16.2. The number of likely N-dealkylation sites (tertiary alicyclic amines) is 1. The third-order valence-electron chi connectivity index (χ3n) is 5.70. The van der Waals surface area contributed by atoms with Crippen LogP contribution in [0.3, 0.4) is 0 Å². The van der Waals surface area contributed by atoms with Gasteiger partial charge in [-0.25, -0.2) is 4.98 Å². The van der Waals surface area contributed by atoms with Crippen molar-refractivity contribution in [3.05, 3.63) is 58.4 Å². The molecule has 5 nitrogen and oxygen atoms in total. The Balaban J connectivity index is 1.74. The van der Waals surface area contributed by atoms with E-state index in [4.69, 9.17) is 4.98 Å². The van der Waals surface area contributed by atoms with Gasteiger partial charge in [-0.1, -0.05) is 18.2 Å². The Bertz CT molecular complexity index is 1010. The van der Waals surface area contributed by atoms with Crippen LogP contribution >= 0.6 is 0 Å². The second-order valence-electron chi connectivity index (χ2n) is 7.48. The van der Waals surface area contributed by atoms with Gasteiger partial charge in [-0.2, -0.15) is 0 Å². The molecule has 3 aromatic rings. The summed E-state index contributed by atoms with van der Waals surface area (Å²) in [5.74, 6) is 1.05. The molecular weight excluding hydrogens is 336 g/mol. The number of carbonyl (C=O) groups is 1. The number of aryl methyl sites for hydroxylation is 4. The lowest BCUT2D eigenvalue weighted by Crippen LogP contribution is -2.42. The normalized spacial score (nSPS) is 13.7. The van der Waals surface area contributed by atoms with Crippen LogP contribution in [0.2, 0.25) is 0 Å². The summed E-state index contributed by atoms with van der Waals surface area (Å²) in [5, 5.41) is 3.55. The Morgan fingerprint density at radius 2 is 1.85 bits per heavy atom. The van der Waals surface area contributed by atoms with Gasteiger partial charge in [0.1, 0.15) is 11.3 Å². The van der Waals surface area contributed by atoms with Crippen molar-refractivity contribution in [3.63, 3.8) is 0 Å². The van der Waals surface area contributed by atoms with Crippen molar-refractivity contribution >= 4 is 22.6 Å². The van der Waals surface area contributed by atoms with Crippen LogP contribution in [0.25, 0.3) is 11.0 Å². The molecule has 1 N–H and O–H groups in total. The van der Waals surface area contributed by atoms with Gasteiger partial charge in [-0.3, -0.25) is 4.79 Å². The number of amides is 1. The minimum atomic E-state index is 0.108. The summed E-state index contributed by atoms with van der Waals surface area (Å²) in [6.45, 7) is 8.68. The Labute approximate surface area is 160 Å². The van der Waals surface area contributed by atoms with E-state index in [2.05, 4.69) is 37.4 Å². The first-order chi connectivity index (χ1) is 13.0. The van der Waals surface area contributed by atoms with Gasteiger partial charge < -0.3 is 14.8 Å². The third-order valence-corrected chi connectivity index (χ3v) is 5.70. The number of imidazole rings is 1. The summed E-state index contributed by atoms with van der Waals surface area (Å²) in [6.07, 6.45) is 1.09. The molecule has 27 heavy (non-hydrogen) atoms. The van der Waals surface area contributed by atoms with Crippen molar-refractivity contribution in [2.45, 2.75) is 33.7 Å². The summed E-state index contributed by atoms with van der Waals surface area (Å²) in [4.78, 5) is 19.4. The predicted molar refractivity (Wildman–Crippen MR) is 109 cm³/mol. The second kappa shape index (κ2) is 6.72. The van der Waals surface area contributed by atoms with Crippen molar-refractivity contribution in [2.24, 2.45) is 7.05 Å². The lowest BCUT2D eigenvalue weighted by Gasteiger charge is -2.31. The lowest BCUT2D eigenvalue weighted by atomic mass is 10.0. The van der Waals surface area contributed by atoms with Crippen molar-refractivity contribution in [1.29, 1.82) is 0 Å². The van der Waals surface area contributed by atoms with Gasteiger partial charge in [0.25, 0.3) is 5.91 Å². The third kappa shape index (κ3) is 3.07. The zero-order chi connectivity index (χ0) is 19.1. The van der Waals surface area contributed by atoms with E-state index in [1.165, 1.54) is 16.7 Å². The Hall–Kier alpha value is -2.82. The van der Waals surface area contributed by atoms with Crippen LogP contribution in [0.1, 0.15) is 39.3 Å². The Morgan fingerprint density at radius 1 is 1.15 bits per heavy atom. The van der Waals surface area contributed by atoms with Gasteiger partial charge in [0.05, 0.1) is 11.2 Å². The summed E-state index contributed by atoms with van der Waals surface area (Å²) < 4.78 is 2.05. The number of anilines is 1. The summed E-state index contributed by atoms with van der Waals surface area (Å²) in [6, 6.07) is 10.3. The molecule has 1 aliphatic heterocycles. The molecule has 2 aromatic carbocycles. The molecule has 0 spiro atoms. The van der Waals surface area contributed by atoms with E-state index in [1.54, 1.807) is 0 Å². The quantitative estimate of drug-likeness (QED) is 0.764. The number of hydrogen-bond donors (Lipinski definition) is 1. The van der Waals surface area contributed by atoms with Crippen LogP contribution in [0.15, 0.2) is 30.3 Å². The maximum absolute atomic E-state index is 12.8. The summed E-state index contributed by atoms with van der Waals surface area (Å²) in [5.41, 5.74) is 7.38. The van der Waals surface area contributed by atoms with E-state index in [0.29, 0.717) is 6.54 Å². The molecule has 1 aromatic heterocycles. The molecule has 0 saturated carbocycles. The number of hydrogen-bond acceptors (Lipinski definition) is 3. The second-order valence-corrected chi connectivity index (χ2v) is 7.48. The highest BCUT2D eigenvalue weighted by Crippen LogP contribution is 2.28. The van der Waals surface area contributed by atoms with Crippen LogP contribution < -0.4 is 5.32 Å². The number of nitrogens with one attached hydrogen (secondary N) is 1. The SMILES string of the molecule is Cc1cccc(C)c1CNc1cc(C(=O)N2CCC2)cc2c1nc(C)n2C. The lowest BCUT2D eigenvalue weighted by molar-refractivity contribution is 0.0652. The largest absolute Gasteiger partial charge is 0.379 e. The topological polar surface area (TPSA) is 50.2 Å². The molecule has 140 valence electrons. The first-order valence-electron chi connectivity index (χ1n) is 9.51. The van der Waals surface area contributed by atoms with Gasteiger partial charge in [0, 0.05) is 32.2 Å². The maximum Gasteiger partial charge on any atom is 0.254 e. The molecule has 1 saturated heterocycles. The monoisotopic (exact) mass is 362 g/mol. The highest BCUT2D eigenvalue weighted by molar-refractivity contribution is 6.01. The zero-order valence-electron chi connectivity index (χ0n) is 16.5. The minimum Gasteiger partial charge on any atom is -0.379 e. The van der Waals surface area contributed by atoms with Crippen LogP contribution in [0.4, 0.5) is 5.69 Å². The number of rotatable bonds is 4. The van der Waals surface area contributed by atoms with Crippen molar-refractivity contribution in [3.8, 4) is 0 Å². The molecule has 1 aliphatic rings. The van der Waals surface area contributed by atoms with E-state index in [1.807, 2.05) is 35.6 Å². The van der Waals surface area contributed by atoms with E-state index >= 15 is 0 Å². The number of benzene rings is 2. The van der Waals surface area contributed by atoms with Crippen molar-refractivity contribution in [1.82, 2.24) is 14.5 Å². The molecule has 0 unspecified atom stereocenters. The number of carbonyl (C=O) groups excluding carboxylic acids is 1. The molecule has 1 amide bonds. The Morgan fingerprint density at radius 3 is 2.48 bits per heavy atom. The van der Waals surface area contributed by atoms with Gasteiger partial charge in [0.2, 0.25) is 0 Å². The molecule has 0 bridgehead atoms. The molecule has 1 fully saturated rings. The maximum atomic E-state index is 12.8. The van der Waals surface area contributed by atoms with Crippen LogP contribution in [0, 0.1) is 20.8 Å². The summed E-state index contributed by atoms with van der Waals surface area (Å²) in [7, 11) is 2.00. The Kier molecular flexibility index (Phi) is 4.38. The molecule has 0 atom stereocenters. The first-order valence-corrected chi connectivity index (χ1v) is 9.51. The molecule has 0 aliphatic carbocycles. The minimum absolute atomic E-state index is 0.108.